The average Bonchev–Trinajstić information content (AvgIpc) is 2.39. The van der Waals surface area contributed by atoms with Gasteiger partial charge in [0.15, 0.2) is 0 Å². The average molecular weight is 280 g/mol. The molecule has 0 spiro atoms. The Morgan fingerprint density at radius 3 is 2.50 bits per heavy atom. The molecule has 5 nitrogen and oxygen atoms in total. The summed E-state index contributed by atoms with van der Waals surface area (Å²) in [5.74, 6) is -2.54. The number of halogens is 2. The van der Waals surface area contributed by atoms with E-state index in [9.17, 15) is 13.6 Å². The van der Waals surface area contributed by atoms with E-state index in [-0.39, 0.29) is 22.9 Å². The fourth-order valence-corrected chi connectivity index (χ4v) is 1.52. The van der Waals surface area contributed by atoms with Crippen LogP contribution in [0, 0.1) is 11.6 Å². The molecule has 0 radical (unpaired) electrons. The number of nitrogens with two attached hydrogens (primary N) is 1. The smallest absolute Gasteiger partial charge is 0.340 e. The van der Waals surface area contributed by atoms with Crippen molar-refractivity contribution >= 4 is 11.7 Å². The lowest BCUT2D eigenvalue weighted by Gasteiger charge is -2.10. The summed E-state index contributed by atoms with van der Waals surface area (Å²) in [5.41, 5.74) is 5.68. The third kappa shape index (κ3) is 2.82. The summed E-state index contributed by atoms with van der Waals surface area (Å²) in [6.07, 6.45) is 1.27. The summed E-state index contributed by atoms with van der Waals surface area (Å²) >= 11 is 0. The lowest BCUT2D eigenvalue weighted by molar-refractivity contribution is 0.0601. The zero-order valence-electron chi connectivity index (χ0n) is 10.4. The van der Waals surface area contributed by atoms with Crippen molar-refractivity contribution in [1.29, 1.82) is 0 Å². The second-order valence-electron chi connectivity index (χ2n) is 3.78. The number of nitrogen functional groups attached to an aromatic ring is 1. The Balaban J connectivity index is 2.36. The Bertz CT molecular complexity index is 642. The Morgan fingerprint density at radius 1 is 1.25 bits per heavy atom. The zero-order chi connectivity index (χ0) is 14.7. The fraction of sp³-hybridized carbons (Fsp3) is 0.0769. The number of nitrogens with zero attached hydrogens (tertiary/aromatic N) is 1. The van der Waals surface area contributed by atoms with Gasteiger partial charge in [-0.3, -0.25) is 0 Å². The number of anilines is 1. The van der Waals surface area contributed by atoms with E-state index in [0.717, 1.165) is 12.1 Å². The Labute approximate surface area is 112 Å². The molecule has 0 amide bonds. The SMILES string of the molecule is COC(=O)c1ccnc(Oc2cc(F)cc(F)c2)c1N. The van der Waals surface area contributed by atoms with E-state index < -0.39 is 17.6 Å². The molecule has 0 fully saturated rings. The van der Waals surface area contributed by atoms with Crippen LogP contribution in [0.4, 0.5) is 14.5 Å². The number of esters is 1. The number of hydrogen-bond acceptors (Lipinski definition) is 5. The Hall–Kier alpha value is -2.70. The van der Waals surface area contributed by atoms with Gasteiger partial charge in [-0.25, -0.2) is 18.6 Å². The first kappa shape index (κ1) is 13.7. The minimum Gasteiger partial charge on any atom is -0.465 e. The van der Waals surface area contributed by atoms with Gasteiger partial charge in [0.1, 0.15) is 23.1 Å². The molecule has 20 heavy (non-hydrogen) atoms. The third-order valence-electron chi connectivity index (χ3n) is 2.41. The minimum atomic E-state index is -0.803. The largest absolute Gasteiger partial charge is 0.465 e. The molecule has 7 heteroatoms. The molecular formula is C13H10F2N2O3. The molecule has 2 rings (SSSR count). The van der Waals surface area contributed by atoms with Gasteiger partial charge in [-0.15, -0.1) is 0 Å². The maximum Gasteiger partial charge on any atom is 0.340 e. The molecule has 0 unspecified atom stereocenters. The molecule has 1 aromatic heterocycles. The van der Waals surface area contributed by atoms with Crippen LogP contribution < -0.4 is 10.5 Å². The van der Waals surface area contributed by atoms with E-state index in [0.29, 0.717) is 6.07 Å². The molecule has 0 atom stereocenters. The van der Waals surface area contributed by atoms with Crippen molar-refractivity contribution in [2.24, 2.45) is 0 Å². The summed E-state index contributed by atoms with van der Waals surface area (Å²) in [7, 11) is 1.20. The van der Waals surface area contributed by atoms with Gasteiger partial charge >= 0.3 is 5.97 Å². The number of aromatic nitrogens is 1. The van der Waals surface area contributed by atoms with Crippen LogP contribution in [0.5, 0.6) is 11.6 Å². The standard InChI is InChI=1S/C13H10F2N2O3/c1-19-13(18)10-2-3-17-12(11(10)16)20-9-5-7(14)4-8(15)6-9/h2-6H,16H2,1H3. The summed E-state index contributed by atoms with van der Waals surface area (Å²) in [6, 6.07) is 3.98. The third-order valence-corrected chi connectivity index (χ3v) is 2.41. The first-order valence-electron chi connectivity index (χ1n) is 5.48. The van der Waals surface area contributed by atoms with Crippen molar-refractivity contribution < 1.29 is 23.0 Å². The summed E-state index contributed by atoms with van der Waals surface area (Å²) in [6.45, 7) is 0. The normalized spacial score (nSPS) is 10.2. The predicted octanol–water partition coefficient (Wildman–Crippen LogP) is 2.52. The second kappa shape index (κ2) is 5.52. The van der Waals surface area contributed by atoms with Crippen molar-refractivity contribution in [2.45, 2.75) is 0 Å². The highest BCUT2D eigenvalue weighted by Gasteiger charge is 2.15. The molecule has 0 aliphatic heterocycles. The van der Waals surface area contributed by atoms with E-state index in [1.165, 1.54) is 19.4 Å². The van der Waals surface area contributed by atoms with Crippen LogP contribution >= 0.6 is 0 Å². The molecule has 104 valence electrons. The van der Waals surface area contributed by atoms with Crippen molar-refractivity contribution in [3.63, 3.8) is 0 Å². The lowest BCUT2D eigenvalue weighted by Crippen LogP contribution is -2.07. The van der Waals surface area contributed by atoms with Crippen LogP contribution in [0.2, 0.25) is 0 Å². The molecule has 2 aromatic rings. The van der Waals surface area contributed by atoms with Gasteiger partial charge < -0.3 is 15.2 Å². The van der Waals surface area contributed by atoms with Gasteiger partial charge in [-0.05, 0) is 6.07 Å². The van der Waals surface area contributed by atoms with Crippen molar-refractivity contribution in [3.8, 4) is 11.6 Å². The second-order valence-corrected chi connectivity index (χ2v) is 3.78. The number of rotatable bonds is 3. The maximum atomic E-state index is 13.0. The minimum absolute atomic E-state index is 0.0503. The first-order chi connectivity index (χ1) is 9.51. The van der Waals surface area contributed by atoms with Crippen molar-refractivity contribution in [3.05, 3.63) is 47.7 Å². The predicted molar refractivity (Wildman–Crippen MR) is 66.4 cm³/mol. The maximum absolute atomic E-state index is 13.0. The Kier molecular flexibility index (Phi) is 3.79. The van der Waals surface area contributed by atoms with E-state index in [1.54, 1.807) is 0 Å². The number of methoxy groups -OCH3 is 1. The molecule has 0 bridgehead atoms. The monoisotopic (exact) mass is 280 g/mol. The number of carbonyl (C=O) groups excluding carboxylic acids is 1. The highest BCUT2D eigenvalue weighted by atomic mass is 19.1. The van der Waals surface area contributed by atoms with Gasteiger partial charge in [-0.2, -0.15) is 0 Å². The molecule has 1 aromatic carbocycles. The first-order valence-corrected chi connectivity index (χ1v) is 5.48. The van der Waals surface area contributed by atoms with Gasteiger partial charge in [0.25, 0.3) is 0 Å². The van der Waals surface area contributed by atoms with Crippen LogP contribution in [-0.4, -0.2) is 18.1 Å². The summed E-state index contributed by atoms with van der Waals surface area (Å²) in [4.78, 5) is 15.3. The highest BCUT2D eigenvalue weighted by Crippen LogP contribution is 2.28. The topological polar surface area (TPSA) is 74.4 Å². The van der Waals surface area contributed by atoms with Crippen LogP contribution in [0.15, 0.2) is 30.5 Å². The van der Waals surface area contributed by atoms with E-state index in [1.807, 2.05) is 0 Å². The number of carbonyl (C=O) groups is 1. The van der Waals surface area contributed by atoms with Crippen molar-refractivity contribution in [2.75, 3.05) is 12.8 Å². The molecule has 0 aliphatic carbocycles. The van der Waals surface area contributed by atoms with Gasteiger partial charge in [-0.1, -0.05) is 0 Å². The molecule has 0 saturated carbocycles. The Morgan fingerprint density at radius 2 is 1.90 bits per heavy atom. The molecule has 0 saturated heterocycles. The number of ether oxygens (including phenoxy) is 2. The molecular weight excluding hydrogens is 270 g/mol. The van der Waals surface area contributed by atoms with Crippen molar-refractivity contribution in [1.82, 2.24) is 4.98 Å². The lowest BCUT2D eigenvalue weighted by atomic mass is 10.2. The number of benzene rings is 1. The van der Waals surface area contributed by atoms with Gasteiger partial charge in [0.05, 0.1) is 12.7 Å². The van der Waals surface area contributed by atoms with Gasteiger partial charge in [0, 0.05) is 24.4 Å². The van der Waals surface area contributed by atoms with Crippen LogP contribution in [0.3, 0.4) is 0 Å². The summed E-state index contributed by atoms with van der Waals surface area (Å²) < 4.78 is 35.8. The van der Waals surface area contributed by atoms with Crippen LogP contribution in [0.1, 0.15) is 10.4 Å². The van der Waals surface area contributed by atoms with Gasteiger partial charge in [0.2, 0.25) is 5.88 Å². The number of hydrogen-bond donors (Lipinski definition) is 1. The van der Waals surface area contributed by atoms with E-state index >= 15 is 0 Å². The zero-order valence-corrected chi connectivity index (χ0v) is 10.4. The quantitative estimate of drug-likeness (QED) is 0.874. The molecule has 0 aliphatic rings. The van der Waals surface area contributed by atoms with Crippen LogP contribution in [-0.2, 0) is 4.74 Å². The molecule has 2 N–H and O–H groups in total. The van der Waals surface area contributed by atoms with Crippen LogP contribution in [0.25, 0.3) is 0 Å². The molecule has 1 heterocycles. The number of pyridine rings is 1. The summed E-state index contributed by atoms with van der Waals surface area (Å²) in [5, 5.41) is 0. The fourth-order valence-electron chi connectivity index (χ4n) is 1.52. The highest BCUT2D eigenvalue weighted by molar-refractivity contribution is 5.96. The van der Waals surface area contributed by atoms with E-state index in [2.05, 4.69) is 9.72 Å². The van der Waals surface area contributed by atoms with E-state index in [4.69, 9.17) is 10.5 Å².